The van der Waals surface area contributed by atoms with Gasteiger partial charge in [-0.25, -0.2) is 8.42 Å². The summed E-state index contributed by atoms with van der Waals surface area (Å²) >= 11 is 0. The molecule has 0 aromatic heterocycles. The summed E-state index contributed by atoms with van der Waals surface area (Å²) in [5, 5.41) is 5.38. The van der Waals surface area contributed by atoms with E-state index >= 15 is 0 Å². The molecule has 8 nitrogen and oxygen atoms in total. The number of carbonyl (C=O) groups is 1. The van der Waals surface area contributed by atoms with E-state index in [1.807, 2.05) is 0 Å². The Morgan fingerprint density at radius 3 is 2.83 bits per heavy atom. The highest BCUT2D eigenvalue weighted by molar-refractivity contribution is 7.91. The summed E-state index contributed by atoms with van der Waals surface area (Å²) in [5.74, 6) is -0.670. The van der Waals surface area contributed by atoms with Crippen molar-refractivity contribution in [3.8, 4) is 0 Å². The van der Waals surface area contributed by atoms with E-state index in [-0.39, 0.29) is 13.1 Å². The molecule has 0 spiro atoms. The maximum atomic E-state index is 11.7. The predicted octanol–water partition coefficient (Wildman–Crippen LogP) is -0.292. The third-order valence-electron chi connectivity index (χ3n) is 3.26. The number of nitrogens with two attached hydrogens (primary N) is 1. The van der Waals surface area contributed by atoms with Crippen LogP contribution in [-0.4, -0.2) is 44.5 Å². The van der Waals surface area contributed by atoms with Crippen LogP contribution in [0.15, 0.2) is 5.11 Å². The van der Waals surface area contributed by atoms with E-state index < -0.39 is 26.5 Å². The summed E-state index contributed by atoms with van der Waals surface area (Å²) in [6, 6.07) is 0. The molecule has 0 heterocycles. The second-order valence-electron chi connectivity index (χ2n) is 4.43. The SMILES string of the molecule is CS(=O)(=O)C1CCCC1(NCCN=[N+]=[N-])C(N)=O. The van der Waals surface area contributed by atoms with Crippen LogP contribution in [0.2, 0.25) is 0 Å². The summed E-state index contributed by atoms with van der Waals surface area (Å²) in [4.78, 5) is 14.2. The Balaban J connectivity index is 2.92. The van der Waals surface area contributed by atoms with Crippen molar-refractivity contribution in [1.29, 1.82) is 0 Å². The van der Waals surface area contributed by atoms with Gasteiger partial charge in [0.25, 0.3) is 0 Å². The van der Waals surface area contributed by atoms with Crippen LogP contribution in [-0.2, 0) is 14.6 Å². The summed E-state index contributed by atoms with van der Waals surface area (Å²) in [5.41, 5.74) is 12.3. The predicted molar refractivity (Wildman–Crippen MR) is 66.4 cm³/mol. The number of nitrogens with one attached hydrogen (secondary N) is 1. The molecule has 1 fully saturated rings. The van der Waals surface area contributed by atoms with E-state index in [0.29, 0.717) is 19.3 Å². The molecular weight excluding hydrogens is 258 g/mol. The van der Waals surface area contributed by atoms with Crippen molar-refractivity contribution in [1.82, 2.24) is 5.32 Å². The average Bonchev–Trinajstić information content (AvgIpc) is 2.69. The molecule has 0 aromatic carbocycles. The Morgan fingerprint density at radius 2 is 2.33 bits per heavy atom. The molecule has 0 saturated heterocycles. The number of carbonyl (C=O) groups excluding carboxylic acids is 1. The van der Waals surface area contributed by atoms with Gasteiger partial charge >= 0.3 is 0 Å². The molecule has 9 heteroatoms. The van der Waals surface area contributed by atoms with Crippen LogP contribution in [0.3, 0.4) is 0 Å². The van der Waals surface area contributed by atoms with Crippen molar-refractivity contribution in [3.05, 3.63) is 10.4 Å². The Morgan fingerprint density at radius 1 is 1.67 bits per heavy atom. The van der Waals surface area contributed by atoms with E-state index in [4.69, 9.17) is 11.3 Å². The number of sulfone groups is 1. The van der Waals surface area contributed by atoms with Crippen molar-refractivity contribution >= 4 is 15.7 Å². The summed E-state index contributed by atoms with van der Waals surface area (Å²) < 4.78 is 23.4. The Hall–Kier alpha value is -1.31. The van der Waals surface area contributed by atoms with Crippen LogP contribution < -0.4 is 11.1 Å². The lowest BCUT2D eigenvalue weighted by molar-refractivity contribution is -0.124. The number of amides is 1. The molecule has 102 valence electrons. The molecule has 2 unspecified atom stereocenters. The smallest absolute Gasteiger partial charge is 0.239 e. The van der Waals surface area contributed by atoms with Gasteiger partial charge in [-0.1, -0.05) is 5.11 Å². The van der Waals surface area contributed by atoms with Gasteiger partial charge in [-0.2, -0.15) is 0 Å². The minimum absolute atomic E-state index is 0.141. The molecule has 1 saturated carbocycles. The van der Waals surface area contributed by atoms with Crippen molar-refractivity contribution in [2.75, 3.05) is 19.3 Å². The lowest BCUT2D eigenvalue weighted by Crippen LogP contribution is -2.62. The molecule has 1 rings (SSSR count). The van der Waals surface area contributed by atoms with Crippen molar-refractivity contribution < 1.29 is 13.2 Å². The van der Waals surface area contributed by atoms with Gasteiger partial charge in [0.15, 0.2) is 9.84 Å². The highest BCUT2D eigenvalue weighted by atomic mass is 32.2. The van der Waals surface area contributed by atoms with Crippen molar-refractivity contribution in [2.45, 2.75) is 30.1 Å². The maximum absolute atomic E-state index is 11.7. The van der Waals surface area contributed by atoms with Gasteiger partial charge < -0.3 is 11.1 Å². The highest BCUT2D eigenvalue weighted by Crippen LogP contribution is 2.34. The minimum Gasteiger partial charge on any atom is -0.368 e. The number of azide groups is 1. The normalized spacial score (nSPS) is 27.7. The number of rotatable bonds is 6. The highest BCUT2D eigenvalue weighted by Gasteiger charge is 2.52. The van der Waals surface area contributed by atoms with Gasteiger partial charge in [0.1, 0.15) is 5.54 Å². The first-order chi connectivity index (χ1) is 8.34. The summed E-state index contributed by atoms with van der Waals surface area (Å²) in [6.45, 7) is 0.362. The molecule has 1 aliphatic carbocycles. The molecule has 2 atom stereocenters. The zero-order valence-electron chi connectivity index (χ0n) is 10.2. The number of hydrogen-bond acceptors (Lipinski definition) is 5. The second-order valence-corrected chi connectivity index (χ2v) is 6.66. The molecule has 1 amide bonds. The number of primary amides is 1. The lowest BCUT2D eigenvalue weighted by Gasteiger charge is -2.32. The van der Waals surface area contributed by atoms with E-state index in [0.717, 1.165) is 6.26 Å². The molecule has 1 aliphatic rings. The van der Waals surface area contributed by atoms with Crippen LogP contribution in [0.4, 0.5) is 0 Å². The number of hydrogen-bond donors (Lipinski definition) is 2. The maximum Gasteiger partial charge on any atom is 0.239 e. The molecule has 0 bridgehead atoms. The average molecular weight is 275 g/mol. The van der Waals surface area contributed by atoms with Crippen molar-refractivity contribution in [2.24, 2.45) is 10.8 Å². The molecular formula is C9H17N5O3S. The largest absolute Gasteiger partial charge is 0.368 e. The Labute approximate surface area is 105 Å². The first kappa shape index (κ1) is 14.7. The molecule has 18 heavy (non-hydrogen) atoms. The van der Waals surface area contributed by atoms with Gasteiger partial charge in [0, 0.05) is 24.3 Å². The Bertz CT molecular complexity index is 471. The first-order valence-corrected chi connectivity index (χ1v) is 7.54. The van der Waals surface area contributed by atoms with Gasteiger partial charge in [-0.15, -0.1) is 0 Å². The van der Waals surface area contributed by atoms with Crippen LogP contribution >= 0.6 is 0 Å². The fraction of sp³-hybridized carbons (Fsp3) is 0.889. The van der Waals surface area contributed by atoms with Gasteiger partial charge in [-0.05, 0) is 24.8 Å². The zero-order valence-corrected chi connectivity index (χ0v) is 11.0. The Kier molecular flexibility index (Phi) is 4.55. The first-order valence-electron chi connectivity index (χ1n) is 5.59. The van der Waals surface area contributed by atoms with Crippen LogP contribution in [0.1, 0.15) is 19.3 Å². The topological polar surface area (TPSA) is 138 Å². The minimum atomic E-state index is -3.36. The van der Waals surface area contributed by atoms with Gasteiger partial charge in [0.2, 0.25) is 5.91 Å². The molecule has 3 N–H and O–H groups in total. The van der Waals surface area contributed by atoms with Gasteiger partial charge in [0.05, 0.1) is 5.25 Å². The van der Waals surface area contributed by atoms with Crippen LogP contribution in [0.5, 0.6) is 0 Å². The fourth-order valence-corrected chi connectivity index (χ4v) is 4.14. The summed E-state index contributed by atoms with van der Waals surface area (Å²) in [6.07, 6.45) is 2.53. The number of nitrogens with zero attached hydrogens (tertiary/aromatic N) is 3. The summed E-state index contributed by atoms with van der Waals surface area (Å²) in [7, 11) is -3.36. The van der Waals surface area contributed by atoms with E-state index in [1.54, 1.807) is 0 Å². The van der Waals surface area contributed by atoms with E-state index in [2.05, 4.69) is 15.3 Å². The molecule has 0 aliphatic heterocycles. The molecule has 0 radical (unpaired) electrons. The molecule has 0 aromatic rings. The van der Waals surface area contributed by atoms with E-state index in [1.165, 1.54) is 0 Å². The lowest BCUT2D eigenvalue weighted by atomic mass is 9.96. The third-order valence-corrected chi connectivity index (χ3v) is 4.93. The standard InChI is InChI=1S/C9H17N5O3S/c1-18(16,17)7-3-2-4-9(7,8(10)15)12-5-6-13-14-11/h7,12H,2-6H2,1H3,(H2,10,15). The van der Waals surface area contributed by atoms with Gasteiger partial charge in [-0.3, -0.25) is 4.79 Å². The zero-order chi connectivity index (χ0) is 13.8. The van der Waals surface area contributed by atoms with Crippen molar-refractivity contribution in [3.63, 3.8) is 0 Å². The fourth-order valence-electron chi connectivity index (χ4n) is 2.50. The van der Waals surface area contributed by atoms with Crippen LogP contribution in [0.25, 0.3) is 10.4 Å². The monoisotopic (exact) mass is 275 g/mol. The van der Waals surface area contributed by atoms with Crippen LogP contribution in [0, 0.1) is 0 Å². The van der Waals surface area contributed by atoms with E-state index in [9.17, 15) is 13.2 Å². The third kappa shape index (κ3) is 2.92. The second kappa shape index (κ2) is 5.55. The quantitative estimate of drug-likeness (QED) is 0.297.